The second-order valence-electron chi connectivity index (χ2n) is 10.5. The molecule has 0 saturated carbocycles. The van der Waals surface area contributed by atoms with Crippen molar-refractivity contribution in [3.63, 3.8) is 0 Å². The van der Waals surface area contributed by atoms with Crippen molar-refractivity contribution in [2.75, 3.05) is 165 Å². The molecule has 0 saturated heterocycles. The van der Waals surface area contributed by atoms with Gasteiger partial charge in [0.2, 0.25) is 0 Å². The average molecular weight is 659 g/mol. The molecule has 0 aromatic heterocycles. The number of hydrogen-bond acceptors (Lipinski definition) is 13. The van der Waals surface area contributed by atoms with E-state index in [9.17, 15) is 0 Å². The van der Waals surface area contributed by atoms with Crippen molar-refractivity contribution in [2.45, 2.75) is 40.2 Å². The Kier molecular flexibility index (Phi) is 39.2. The minimum Gasteiger partial charge on any atom is -0.379 e. The Balaban J connectivity index is 3.04. The zero-order valence-corrected chi connectivity index (χ0v) is 28.8. The van der Waals surface area contributed by atoms with Crippen LogP contribution in [0, 0.1) is 5.92 Å². The molecule has 0 amide bonds. The molecule has 0 N–H and O–H groups in total. The van der Waals surface area contributed by atoms with Crippen LogP contribution in [0.2, 0.25) is 0 Å². The average Bonchev–Trinajstić information content (AvgIpc) is 3.02. The van der Waals surface area contributed by atoms with Crippen LogP contribution in [-0.4, -0.2) is 171 Å². The van der Waals surface area contributed by atoms with Gasteiger partial charge in [-0.2, -0.15) is 0 Å². The molecule has 0 rings (SSSR count). The van der Waals surface area contributed by atoms with E-state index in [1.54, 1.807) is 0 Å². The van der Waals surface area contributed by atoms with E-state index in [1.807, 2.05) is 13.8 Å². The molecule has 13 heteroatoms. The van der Waals surface area contributed by atoms with Gasteiger partial charge in [0, 0.05) is 6.61 Å². The zero-order valence-electron chi connectivity index (χ0n) is 28.8. The number of ether oxygens (including phenoxy) is 13. The molecule has 0 radical (unpaired) electrons. The van der Waals surface area contributed by atoms with E-state index in [0.29, 0.717) is 164 Å². The second-order valence-corrected chi connectivity index (χ2v) is 10.5. The monoisotopic (exact) mass is 658 g/mol. The first-order valence-electron chi connectivity index (χ1n) is 16.7. The third-order valence-corrected chi connectivity index (χ3v) is 5.61. The van der Waals surface area contributed by atoms with Gasteiger partial charge in [0.15, 0.2) is 0 Å². The lowest BCUT2D eigenvalue weighted by molar-refractivity contribution is -0.0298. The summed E-state index contributed by atoms with van der Waals surface area (Å²) in [5.74, 6) is 0.668. The molecule has 0 aromatic rings. The Morgan fingerprint density at radius 2 is 0.422 bits per heavy atom. The Morgan fingerprint density at radius 3 is 0.600 bits per heavy atom. The van der Waals surface area contributed by atoms with E-state index in [0.717, 1.165) is 13.0 Å². The van der Waals surface area contributed by atoms with Gasteiger partial charge in [0.1, 0.15) is 0 Å². The molecule has 0 aliphatic carbocycles. The lowest BCUT2D eigenvalue weighted by Crippen LogP contribution is -2.15. The highest BCUT2D eigenvalue weighted by Gasteiger charge is 1.98. The quantitative estimate of drug-likeness (QED) is 0.0899. The van der Waals surface area contributed by atoms with E-state index >= 15 is 0 Å². The van der Waals surface area contributed by atoms with Crippen LogP contribution in [-0.2, 0) is 61.6 Å². The van der Waals surface area contributed by atoms with Crippen LogP contribution in [0.1, 0.15) is 34.1 Å². The van der Waals surface area contributed by atoms with E-state index in [-0.39, 0.29) is 6.10 Å². The molecular weight excluding hydrogens is 592 g/mol. The largest absolute Gasteiger partial charge is 0.379 e. The van der Waals surface area contributed by atoms with Crippen molar-refractivity contribution < 1.29 is 61.6 Å². The third-order valence-electron chi connectivity index (χ3n) is 5.61. The molecule has 0 spiro atoms. The third kappa shape index (κ3) is 43.5. The standard InChI is InChI=1S/C32H66O13/c1-31(2)5-6-33-7-8-34-9-10-35-11-12-36-13-14-37-15-16-38-17-18-39-19-20-40-21-22-41-23-24-42-25-26-43-27-28-44-29-30-45-32(3)4/h31-32H,5-30H2,1-4H3. The van der Waals surface area contributed by atoms with Crippen LogP contribution < -0.4 is 0 Å². The summed E-state index contributed by atoms with van der Waals surface area (Å²) in [6.45, 7) is 22.2. The predicted octanol–water partition coefficient (Wildman–Crippen LogP) is 2.66. The first kappa shape index (κ1) is 44.5. The van der Waals surface area contributed by atoms with Gasteiger partial charge in [-0.3, -0.25) is 0 Å². The Morgan fingerprint density at radius 1 is 0.244 bits per heavy atom. The topological polar surface area (TPSA) is 120 Å². The van der Waals surface area contributed by atoms with Crippen molar-refractivity contribution in [1.82, 2.24) is 0 Å². The summed E-state index contributed by atoms with van der Waals surface area (Å²) in [5, 5.41) is 0. The first-order chi connectivity index (χ1) is 22.1. The van der Waals surface area contributed by atoms with Crippen LogP contribution in [0.4, 0.5) is 0 Å². The lowest BCUT2D eigenvalue weighted by Gasteiger charge is -2.09. The highest BCUT2D eigenvalue weighted by molar-refractivity contribution is 4.43. The van der Waals surface area contributed by atoms with Crippen molar-refractivity contribution in [1.29, 1.82) is 0 Å². The van der Waals surface area contributed by atoms with Gasteiger partial charge in [-0.25, -0.2) is 0 Å². The fraction of sp³-hybridized carbons (Fsp3) is 1.00. The molecule has 13 nitrogen and oxygen atoms in total. The van der Waals surface area contributed by atoms with Crippen molar-refractivity contribution in [3.8, 4) is 0 Å². The van der Waals surface area contributed by atoms with Gasteiger partial charge < -0.3 is 61.6 Å². The maximum absolute atomic E-state index is 5.49. The van der Waals surface area contributed by atoms with Crippen LogP contribution >= 0.6 is 0 Å². The van der Waals surface area contributed by atoms with E-state index in [1.165, 1.54) is 0 Å². The van der Waals surface area contributed by atoms with E-state index < -0.39 is 0 Å². The van der Waals surface area contributed by atoms with Crippen LogP contribution in [0.3, 0.4) is 0 Å². The van der Waals surface area contributed by atoms with Crippen LogP contribution in [0.5, 0.6) is 0 Å². The maximum atomic E-state index is 5.49. The molecule has 0 bridgehead atoms. The fourth-order valence-electron chi connectivity index (χ4n) is 3.18. The van der Waals surface area contributed by atoms with Gasteiger partial charge in [-0.1, -0.05) is 13.8 Å². The molecule has 0 fully saturated rings. The van der Waals surface area contributed by atoms with Crippen LogP contribution in [0.25, 0.3) is 0 Å². The summed E-state index contributed by atoms with van der Waals surface area (Å²) in [7, 11) is 0. The molecular formula is C32H66O13. The molecule has 0 heterocycles. The van der Waals surface area contributed by atoms with Gasteiger partial charge >= 0.3 is 0 Å². The molecule has 0 atom stereocenters. The zero-order chi connectivity index (χ0) is 32.7. The Hall–Kier alpha value is -0.520. The molecule has 272 valence electrons. The second kappa shape index (κ2) is 39.7. The molecule has 45 heavy (non-hydrogen) atoms. The normalized spacial score (nSPS) is 11.9. The summed E-state index contributed by atoms with van der Waals surface area (Å²) in [4.78, 5) is 0. The number of rotatable bonds is 40. The summed E-state index contributed by atoms with van der Waals surface area (Å²) in [5.41, 5.74) is 0. The van der Waals surface area contributed by atoms with E-state index in [2.05, 4.69) is 13.8 Å². The minimum absolute atomic E-state index is 0.232. The van der Waals surface area contributed by atoms with Crippen molar-refractivity contribution >= 4 is 0 Å². The van der Waals surface area contributed by atoms with Crippen molar-refractivity contribution in [2.24, 2.45) is 5.92 Å². The van der Waals surface area contributed by atoms with Crippen molar-refractivity contribution in [3.05, 3.63) is 0 Å². The first-order valence-corrected chi connectivity index (χ1v) is 16.7. The summed E-state index contributed by atoms with van der Waals surface area (Å²) >= 11 is 0. The summed E-state index contributed by atoms with van der Waals surface area (Å²) in [6, 6.07) is 0. The van der Waals surface area contributed by atoms with Gasteiger partial charge in [0.25, 0.3) is 0 Å². The molecule has 0 aliphatic heterocycles. The molecule has 0 aromatic carbocycles. The Bertz CT molecular complexity index is 485. The SMILES string of the molecule is CC(C)CCOCCOCCOCCOCCOCCOCCOCCOCCOCCOCCOCCOCCOC(C)C. The van der Waals surface area contributed by atoms with Gasteiger partial charge in [-0.15, -0.1) is 0 Å². The number of hydrogen-bond donors (Lipinski definition) is 0. The highest BCUT2D eigenvalue weighted by Crippen LogP contribution is 1.98. The van der Waals surface area contributed by atoms with Crippen LogP contribution in [0.15, 0.2) is 0 Å². The summed E-state index contributed by atoms with van der Waals surface area (Å²) in [6.07, 6.45) is 1.31. The predicted molar refractivity (Wildman–Crippen MR) is 170 cm³/mol. The summed E-state index contributed by atoms with van der Waals surface area (Å²) < 4.78 is 71.0. The molecule has 0 unspecified atom stereocenters. The molecule has 0 aliphatic rings. The lowest BCUT2D eigenvalue weighted by atomic mass is 10.1. The van der Waals surface area contributed by atoms with Gasteiger partial charge in [0.05, 0.1) is 165 Å². The van der Waals surface area contributed by atoms with E-state index in [4.69, 9.17) is 61.6 Å². The minimum atomic E-state index is 0.232. The van der Waals surface area contributed by atoms with Gasteiger partial charge in [-0.05, 0) is 26.2 Å². The fourth-order valence-corrected chi connectivity index (χ4v) is 3.18. The Labute approximate surface area is 273 Å². The maximum Gasteiger partial charge on any atom is 0.0703 e. The highest BCUT2D eigenvalue weighted by atomic mass is 16.6. The smallest absolute Gasteiger partial charge is 0.0703 e.